The maximum absolute atomic E-state index is 13.1. The third kappa shape index (κ3) is 4.99. The van der Waals surface area contributed by atoms with Gasteiger partial charge in [0.25, 0.3) is 5.91 Å². The van der Waals surface area contributed by atoms with E-state index >= 15 is 0 Å². The summed E-state index contributed by atoms with van der Waals surface area (Å²) in [4.78, 5) is 15.6. The average Bonchev–Trinajstić information content (AvgIpc) is 3.08. The number of fused-ring (bicyclic) bond motifs is 7. The third-order valence-electron chi connectivity index (χ3n) is 9.79. The van der Waals surface area contributed by atoms with Crippen LogP contribution in [0.25, 0.3) is 0 Å². The molecule has 3 heterocycles. The van der Waals surface area contributed by atoms with Gasteiger partial charge in [-0.2, -0.15) is 4.36 Å². The summed E-state index contributed by atoms with van der Waals surface area (Å²) in [5.41, 5.74) is 3.51. The van der Waals surface area contributed by atoms with Gasteiger partial charge < -0.3 is 14.4 Å². The topological polar surface area (TPSA) is 68.2 Å². The van der Waals surface area contributed by atoms with E-state index in [1.807, 2.05) is 18.2 Å². The highest BCUT2D eigenvalue weighted by molar-refractivity contribution is 7.75. The van der Waals surface area contributed by atoms with E-state index in [4.69, 9.17) is 21.1 Å². The number of hydrogen-bond donors (Lipinski definition) is 1. The van der Waals surface area contributed by atoms with Gasteiger partial charge in [-0.25, -0.2) is 0 Å². The van der Waals surface area contributed by atoms with Gasteiger partial charge in [0, 0.05) is 52.5 Å². The molecule has 0 N–H and O–H groups in total. The molecule has 214 valence electrons. The number of rotatable bonds is 1. The zero-order valence-corrected chi connectivity index (χ0v) is 25.2. The first-order valence-corrected chi connectivity index (χ1v) is 16.2. The molecule has 8 heteroatoms. The molecule has 2 aromatic rings. The molecule has 1 fully saturated rings. The Labute approximate surface area is 244 Å². The molecule has 0 aromatic heterocycles. The number of carbonyl (C=O) groups excluding carboxylic acids is 1. The zero-order chi connectivity index (χ0) is 28.1. The van der Waals surface area contributed by atoms with Gasteiger partial charge >= 0.3 is 0 Å². The van der Waals surface area contributed by atoms with Gasteiger partial charge in [0.2, 0.25) is 0 Å². The number of benzene rings is 2. The van der Waals surface area contributed by atoms with Crippen molar-refractivity contribution in [2.75, 3.05) is 37.5 Å². The molecule has 7 rings (SSSR count). The van der Waals surface area contributed by atoms with Crippen molar-refractivity contribution in [3.63, 3.8) is 0 Å². The van der Waals surface area contributed by atoms with Crippen LogP contribution < -0.4 is 9.64 Å². The number of hydrogen-bond acceptors (Lipinski definition) is 5. The van der Waals surface area contributed by atoms with E-state index in [1.165, 1.54) is 11.1 Å². The second-order valence-electron chi connectivity index (χ2n) is 12.4. The first-order chi connectivity index (χ1) is 19.2. The Morgan fingerprint density at radius 1 is 1.20 bits per heavy atom. The summed E-state index contributed by atoms with van der Waals surface area (Å²) in [6.45, 7) is 6.53. The second kappa shape index (κ2) is 10.8. The maximum atomic E-state index is 13.1. The van der Waals surface area contributed by atoms with Crippen LogP contribution >= 0.6 is 11.6 Å². The largest absolute Gasteiger partial charge is 0.490 e. The lowest BCUT2D eigenvalue weighted by molar-refractivity contribution is -0.117. The van der Waals surface area contributed by atoms with E-state index in [1.54, 1.807) is 13.2 Å². The van der Waals surface area contributed by atoms with Crippen molar-refractivity contribution in [2.45, 2.75) is 57.0 Å². The summed E-state index contributed by atoms with van der Waals surface area (Å²) < 4.78 is 29.6. The van der Waals surface area contributed by atoms with Crippen LogP contribution in [0, 0.1) is 17.8 Å². The Morgan fingerprint density at radius 2 is 2.05 bits per heavy atom. The Bertz CT molecular complexity index is 1440. The van der Waals surface area contributed by atoms with Crippen LogP contribution in [-0.4, -0.2) is 48.3 Å². The van der Waals surface area contributed by atoms with Crippen LogP contribution in [0.4, 0.5) is 5.69 Å². The predicted octanol–water partition coefficient (Wildman–Crippen LogP) is 6.26. The van der Waals surface area contributed by atoms with Gasteiger partial charge in [0.1, 0.15) is 5.75 Å². The number of amides is 1. The van der Waals surface area contributed by atoms with Crippen LogP contribution in [0.3, 0.4) is 0 Å². The molecule has 4 bridgehead atoms. The lowest BCUT2D eigenvalue weighted by atomic mass is 9.61. The highest BCUT2D eigenvalue weighted by atomic mass is 35.5. The molecule has 0 radical (unpaired) electrons. The number of carbonyl (C=O) groups is 1. The summed E-state index contributed by atoms with van der Waals surface area (Å²) in [6, 6.07) is 11.8. The Hall–Kier alpha value is -2.35. The highest BCUT2D eigenvalue weighted by Crippen LogP contribution is 2.50. The smallest absolute Gasteiger partial charge is 0.284 e. The number of ether oxygens (including phenoxy) is 2. The zero-order valence-electron chi connectivity index (χ0n) is 23.6. The van der Waals surface area contributed by atoms with E-state index in [2.05, 4.69) is 47.4 Å². The minimum absolute atomic E-state index is 0.157. The summed E-state index contributed by atoms with van der Waals surface area (Å²) >= 11 is 6.40. The molecule has 5 aliphatic rings. The minimum atomic E-state index is -1.99. The average molecular weight is 583 g/mol. The fourth-order valence-electron chi connectivity index (χ4n) is 7.36. The third-order valence-corrected chi connectivity index (χ3v) is 11.4. The number of thiol groups is 1. The van der Waals surface area contributed by atoms with E-state index in [0.29, 0.717) is 29.8 Å². The Balaban J connectivity index is 1.44. The van der Waals surface area contributed by atoms with Crippen LogP contribution in [0.15, 0.2) is 52.9 Å². The van der Waals surface area contributed by atoms with E-state index in [9.17, 15) is 9.00 Å². The van der Waals surface area contributed by atoms with Crippen LogP contribution in [-0.2, 0) is 27.2 Å². The van der Waals surface area contributed by atoms with Crippen molar-refractivity contribution in [3.8, 4) is 5.75 Å². The normalized spacial score (nSPS) is 35.0. The highest BCUT2D eigenvalue weighted by Gasteiger charge is 2.51. The van der Waals surface area contributed by atoms with Crippen LogP contribution in [0.1, 0.15) is 61.0 Å². The van der Waals surface area contributed by atoms with Gasteiger partial charge in [0.05, 0.1) is 17.9 Å². The molecule has 3 aliphatic heterocycles. The predicted molar refractivity (Wildman–Crippen MR) is 161 cm³/mol. The fourth-order valence-corrected chi connectivity index (χ4v) is 8.64. The van der Waals surface area contributed by atoms with Crippen molar-refractivity contribution >= 4 is 33.8 Å². The molecule has 6 nitrogen and oxygen atoms in total. The first-order valence-electron chi connectivity index (χ1n) is 14.5. The molecule has 2 aliphatic carbocycles. The molecule has 1 unspecified atom stereocenters. The fraction of sp³-hybridized carbons (Fsp3) is 0.531. The van der Waals surface area contributed by atoms with E-state index in [-0.39, 0.29) is 16.9 Å². The number of methoxy groups -OCH3 is 1. The van der Waals surface area contributed by atoms with E-state index < -0.39 is 16.5 Å². The monoisotopic (exact) mass is 582 g/mol. The molecule has 1 amide bonds. The number of anilines is 1. The van der Waals surface area contributed by atoms with Gasteiger partial charge in [-0.05, 0) is 91.3 Å². The molecular formula is C32H39ClN2O4S. The lowest BCUT2D eigenvalue weighted by Crippen LogP contribution is -2.57. The second-order valence-corrected chi connectivity index (χ2v) is 14.1. The van der Waals surface area contributed by atoms with Crippen molar-refractivity contribution in [3.05, 3.63) is 70.3 Å². The molecule has 40 heavy (non-hydrogen) atoms. The summed E-state index contributed by atoms with van der Waals surface area (Å²) in [5, 5.41) is 0.769. The minimum Gasteiger partial charge on any atom is -0.490 e. The Morgan fingerprint density at radius 3 is 2.85 bits per heavy atom. The SMILES string of the molecule is CO[C@@]12/C=C/C[C@H](C)C/[SH](=O)=N\C(=O)c3ccc4c(c3)N(C[C@H](C1)[C@H]2C)C[C@@]1(CCCc2cc(Cl)ccc21)CO4. The van der Waals surface area contributed by atoms with Gasteiger partial charge in [0.15, 0.2) is 0 Å². The van der Waals surface area contributed by atoms with Crippen LogP contribution in [0.5, 0.6) is 5.75 Å². The number of halogens is 1. The quantitative estimate of drug-likeness (QED) is 0.318. The van der Waals surface area contributed by atoms with Crippen molar-refractivity contribution in [1.29, 1.82) is 0 Å². The lowest BCUT2D eigenvalue weighted by Gasteiger charge is -2.53. The summed E-state index contributed by atoms with van der Waals surface area (Å²) in [6.07, 6.45) is 9.21. The van der Waals surface area contributed by atoms with E-state index in [0.717, 1.165) is 61.7 Å². The van der Waals surface area contributed by atoms with Gasteiger partial charge in [-0.3, -0.25) is 9.00 Å². The maximum Gasteiger partial charge on any atom is 0.284 e. The molecule has 0 saturated heterocycles. The standard InChI is InChI=1S/C32H39ClN2O4S/c1-21-6-4-13-32(38-3)16-25(22(32)2)17-35-19-31(12-5-7-23-14-26(33)9-10-27(23)31)20-39-29-11-8-24(15-28(29)35)30(36)34-40(37)18-21/h4,8-11,13-15,21-22,25,40H,5-7,12,16-20H2,1-3H3/b13-4+/t21-,22+,25-,31-,32-/m0/s1. The molecular weight excluding hydrogens is 544 g/mol. The summed E-state index contributed by atoms with van der Waals surface area (Å²) in [7, 11) is -0.184. The summed E-state index contributed by atoms with van der Waals surface area (Å²) in [5.74, 6) is 1.64. The molecule has 2 aromatic carbocycles. The number of allylic oxidation sites excluding steroid dienone is 1. The van der Waals surface area contributed by atoms with Gasteiger partial charge in [-0.15, -0.1) is 0 Å². The molecule has 1 saturated carbocycles. The van der Waals surface area contributed by atoms with Crippen molar-refractivity contribution < 1.29 is 18.5 Å². The number of nitrogens with zero attached hydrogens (tertiary/aromatic N) is 2. The first kappa shape index (κ1) is 27.8. The Kier molecular flexibility index (Phi) is 7.51. The van der Waals surface area contributed by atoms with Crippen molar-refractivity contribution in [1.82, 2.24) is 0 Å². The van der Waals surface area contributed by atoms with Crippen molar-refractivity contribution in [2.24, 2.45) is 22.1 Å². The van der Waals surface area contributed by atoms with Gasteiger partial charge in [-0.1, -0.05) is 43.7 Å². The van der Waals surface area contributed by atoms with Crippen LogP contribution in [0.2, 0.25) is 5.02 Å². The number of aryl methyl sites for hydroxylation is 1. The molecule has 6 atom stereocenters. The molecule has 1 spiro atoms.